The van der Waals surface area contributed by atoms with Crippen LogP contribution in [0.25, 0.3) is 0 Å². The normalized spacial score (nSPS) is 11.3. The molecule has 0 radical (unpaired) electrons. The number of amides is 2. The average molecular weight is 555 g/mol. The quantitative estimate of drug-likeness (QED) is 0.353. The summed E-state index contributed by atoms with van der Waals surface area (Å²) < 4.78 is 17.3. The van der Waals surface area contributed by atoms with E-state index in [1.807, 2.05) is 61.5 Å². The Kier molecular flexibility index (Phi) is 10.2. The van der Waals surface area contributed by atoms with Gasteiger partial charge in [0, 0.05) is 42.2 Å². The summed E-state index contributed by atoms with van der Waals surface area (Å²) in [5.74, 6) is 0.996. The highest BCUT2D eigenvalue weighted by molar-refractivity contribution is 9.10. The Morgan fingerprint density at radius 3 is 2.14 bits per heavy atom. The molecule has 0 aliphatic rings. The molecule has 36 heavy (non-hydrogen) atoms. The van der Waals surface area contributed by atoms with E-state index in [1.165, 1.54) is 0 Å². The molecule has 3 aromatic rings. The molecule has 1 atom stereocenters. The fraction of sp³-hybridized carbons (Fsp3) is 0.286. The van der Waals surface area contributed by atoms with Crippen molar-refractivity contribution in [2.45, 2.75) is 25.9 Å². The lowest BCUT2D eigenvalue weighted by Crippen LogP contribution is -2.51. The molecule has 0 saturated carbocycles. The van der Waals surface area contributed by atoms with Crippen LogP contribution in [0.5, 0.6) is 17.2 Å². The van der Waals surface area contributed by atoms with E-state index >= 15 is 0 Å². The number of carbonyl (C=O) groups is 2. The van der Waals surface area contributed by atoms with Crippen molar-refractivity contribution in [2.75, 3.05) is 27.4 Å². The van der Waals surface area contributed by atoms with Gasteiger partial charge in [0.25, 0.3) is 5.91 Å². The highest BCUT2D eigenvalue weighted by Crippen LogP contribution is 2.27. The lowest BCUT2D eigenvalue weighted by atomic mass is 10.0. The molecular weight excluding hydrogens is 524 g/mol. The van der Waals surface area contributed by atoms with Crippen molar-refractivity contribution in [3.8, 4) is 17.2 Å². The fourth-order valence-corrected chi connectivity index (χ4v) is 4.22. The van der Waals surface area contributed by atoms with Crippen molar-refractivity contribution < 1.29 is 23.8 Å². The van der Waals surface area contributed by atoms with Gasteiger partial charge in [0.2, 0.25) is 5.91 Å². The molecule has 8 heteroatoms. The zero-order valence-electron chi connectivity index (χ0n) is 20.7. The lowest BCUT2D eigenvalue weighted by Gasteiger charge is -2.31. The number of nitrogens with one attached hydrogen (secondary N) is 1. The second-order valence-corrected chi connectivity index (χ2v) is 9.00. The van der Waals surface area contributed by atoms with Crippen molar-refractivity contribution in [2.24, 2.45) is 0 Å². The van der Waals surface area contributed by atoms with Gasteiger partial charge in [-0.15, -0.1) is 0 Å². The third kappa shape index (κ3) is 7.75. The van der Waals surface area contributed by atoms with Gasteiger partial charge < -0.3 is 24.4 Å². The first kappa shape index (κ1) is 27.1. The largest absolute Gasteiger partial charge is 0.496 e. The summed E-state index contributed by atoms with van der Waals surface area (Å²) in [6.45, 7) is 2.31. The van der Waals surface area contributed by atoms with Crippen LogP contribution in [0.4, 0.5) is 0 Å². The van der Waals surface area contributed by atoms with Crippen LogP contribution in [0.15, 0.2) is 77.3 Å². The molecule has 3 aromatic carbocycles. The molecule has 0 aliphatic carbocycles. The number of hydrogen-bond acceptors (Lipinski definition) is 5. The van der Waals surface area contributed by atoms with Crippen LogP contribution < -0.4 is 19.5 Å². The molecule has 0 saturated heterocycles. The number of nitrogens with zero attached hydrogens (tertiary/aromatic N) is 1. The Labute approximate surface area is 220 Å². The van der Waals surface area contributed by atoms with Gasteiger partial charge in [0.05, 0.1) is 14.2 Å². The molecule has 0 spiro atoms. The Balaban J connectivity index is 1.90. The van der Waals surface area contributed by atoms with Crippen molar-refractivity contribution in [1.29, 1.82) is 0 Å². The van der Waals surface area contributed by atoms with Crippen LogP contribution >= 0.6 is 15.9 Å². The molecule has 0 aliphatic heterocycles. The Bertz CT molecular complexity index is 1130. The molecule has 7 nitrogen and oxygen atoms in total. The van der Waals surface area contributed by atoms with E-state index in [4.69, 9.17) is 14.2 Å². The Morgan fingerprint density at radius 2 is 1.53 bits per heavy atom. The van der Waals surface area contributed by atoms with E-state index < -0.39 is 6.04 Å². The maximum absolute atomic E-state index is 13.6. The van der Waals surface area contributed by atoms with E-state index in [2.05, 4.69) is 21.2 Å². The monoisotopic (exact) mass is 554 g/mol. The smallest absolute Gasteiger partial charge is 0.261 e. The minimum Gasteiger partial charge on any atom is -0.496 e. The number of likely N-dealkylation sites (N-methyl/N-ethyl adjacent to an activating group) is 1. The van der Waals surface area contributed by atoms with Gasteiger partial charge in [-0.25, -0.2) is 0 Å². The molecule has 0 heterocycles. The van der Waals surface area contributed by atoms with Gasteiger partial charge in [-0.3, -0.25) is 9.59 Å². The van der Waals surface area contributed by atoms with E-state index in [0.29, 0.717) is 30.2 Å². The van der Waals surface area contributed by atoms with E-state index in [9.17, 15) is 9.59 Å². The van der Waals surface area contributed by atoms with Crippen molar-refractivity contribution in [3.05, 3.63) is 88.4 Å². The predicted octanol–water partition coefficient (Wildman–Crippen LogP) is 4.62. The molecule has 0 fully saturated rings. The minimum atomic E-state index is -0.720. The summed E-state index contributed by atoms with van der Waals surface area (Å²) in [4.78, 5) is 28.4. The summed E-state index contributed by atoms with van der Waals surface area (Å²) >= 11 is 3.49. The Hall–Kier alpha value is -3.52. The SMILES string of the molecule is CCNC(=O)C(Cc1ccccc1)N(Cc1cccc(Br)c1)C(=O)COc1cc(OC)cc(OC)c1. The standard InChI is InChI=1S/C28H31BrN2O5/c1-4-30-28(33)26(14-20-9-6-5-7-10-20)31(18-21-11-8-12-22(29)13-21)27(32)19-36-25-16-23(34-2)15-24(17-25)35-3/h5-13,15-17,26H,4,14,18-19H2,1-3H3,(H,30,33). The first-order valence-electron chi connectivity index (χ1n) is 11.6. The minimum absolute atomic E-state index is 0.215. The number of hydrogen-bond donors (Lipinski definition) is 1. The number of carbonyl (C=O) groups excluding carboxylic acids is 2. The zero-order valence-corrected chi connectivity index (χ0v) is 22.3. The van der Waals surface area contributed by atoms with Crippen molar-refractivity contribution in [1.82, 2.24) is 10.2 Å². The molecule has 190 valence electrons. The first-order chi connectivity index (χ1) is 17.4. The highest BCUT2D eigenvalue weighted by Gasteiger charge is 2.30. The number of ether oxygens (including phenoxy) is 3. The fourth-order valence-electron chi connectivity index (χ4n) is 3.77. The maximum Gasteiger partial charge on any atom is 0.261 e. The number of halogens is 1. The number of methoxy groups -OCH3 is 2. The highest BCUT2D eigenvalue weighted by atomic mass is 79.9. The molecule has 3 rings (SSSR count). The topological polar surface area (TPSA) is 77.1 Å². The number of benzene rings is 3. The van der Waals surface area contributed by atoms with Gasteiger partial charge in [0.1, 0.15) is 23.3 Å². The third-order valence-electron chi connectivity index (χ3n) is 5.55. The van der Waals surface area contributed by atoms with Gasteiger partial charge in [-0.05, 0) is 30.2 Å². The molecule has 0 bridgehead atoms. The van der Waals surface area contributed by atoms with Crippen LogP contribution in [0.3, 0.4) is 0 Å². The third-order valence-corrected chi connectivity index (χ3v) is 6.04. The molecule has 0 aromatic heterocycles. The number of rotatable bonds is 12. The predicted molar refractivity (Wildman–Crippen MR) is 142 cm³/mol. The summed E-state index contributed by atoms with van der Waals surface area (Å²) in [7, 11) is 3.09. The molecular formula is C28H31BrN2O5. The second-order valence-electron chi connectivity index (χ2n) is 8.09. The maximum atomic E-state index is 13.6. The zero-order chi connectivity index (χ0) is 25.9. The van der Waals surface area contributed by atoms with Gasteiger partial charge in [0.15, 0.2) is 6.61 Å². The van der Waals surface area contributed by atoms with Crippen molar-refractivity contribution >= 4 is 27.7 Å². The first-order valence-corrected chi connectivity index (χ1v) is 12.4. The second kappa shape index (κ2) is 13.5. The van der Waals surface area contributed by atoms with Crippen LogP contribution in [0, 0.1) is 0 Å². The Morgan fingerprint density at radius 1 is 0.889 bits per heavy atom. The van der Waals surface area contributed by atoms with Crippen LogP contribution in [0.2, 0.25) is 0 Å². The van der Waals surface area contributed by atoms with E-state index in [1.54, 1.807) is 37.3 Å². The summed E-state index contributed by atoms with van der Waals surface area (Å²) in [6.07, 6.45) is 0.374. The van der Waals surface area contributed by atoms with Crippen LogP contribution in [0.1, 0.15) is 18.1 Å². The molecule has 1 unspecified atom stereocenters. The van der Waals surface area contributed by atoms with Gasteiger partial charge >= 0.3 is 0 Å². The van der Waals surface area contributed by atoms with Crippen LogP contribution in [-0.4, -0.2) is 50.1 Å². The lowest BCUT2D eigenvalue weighted by molar-refractivity contribution is -0.142. The van der Waals surface area contributed by atoms with E-state index in [-0.39, 0.29) is 25.0 Å². The summed E-state index contributed by atoms with van der Waals surface area (Å²) in [5, 5.41) is 2.89. The van der Waals surface area contributed by atoms with Crippen LogP contribution in [-0.2, 0) is 22.6 Å². The van der Waals surface area contributed by atoms with E-state index in [0.717, 1.165) is 15.6 Å². The summed E-state index contributed by atoms with van der Waals surface area (Å²) in [6, 6.07) is 21.7. The van der Waals surface area contributed by atoms with Crippen molar-refractivity contribution in [3.63, 3.8) is 0 Å². The molecule has 1 N–H and O–H groups in total. The van der Waals surface area contributed by atoms with Gasteiger partial charge in [-0.2, -0.15) is 0 Å². The van der Waals surface area contributed by atoms with Gasteiger partial charge in [-0.1, -0.05) is 58.4 Å². The average Bonchev–Trinajstić information content (AvgIpc) is 2.89. The molecule has 2 amide bonds. The summed E-state index contributed by atoms with van der Waals surface area (Å²) in [5.41, 5.74) is 1.85.